The molecular weight excluding hydrogens is 635 g/mol. The average Bonchev–Trinajstić information content (AvgIpc) is 3.51. The summed E-state index contributed by atoms with van der Waals surface area (Å²) in [6.07, 6.45) is 1.61. The number of nitrogens with zero attached hydrogens (tertiary/aromatic N) is 1. The van der Waals surface area contributed by atoms with Crippen molar-refractivity contribution in [3.63, 3.8) is 0 Å². The summed E-state index contributed by atoms with van der Waals surface area (Å²) in [5.41, 5.74) is 0.508. The van der Waals surface area contributed by atoms with Crippen molar-refractivity contribution < 1.29 is 32.3 Å². The van der Waals surface area contributed by atoms with Gasteiger partial charge in [-0.3, -0.25) is 27.9 Å². The first-order chi connectivity index (χ1) is 23.2. The SMILES string of the molecule is C=CCOP(=O)(OCC=C)O[C@H]1C[C@H](n2cc(C)c(=O)[nH]c2=O)O[C@@H]1COC(c1ccccc1)(c1ccccc1)c1ccc(OC)cc1. The van der Waals surface area contributed by atoms with E-state index in [0.29, 0.717) is 11.3 Å². The van der Waals surface area contributed by atoms with Crippen molar-refractivity contribution in [1.82, 2.24) is 9.55 Å². The number of benzene rings is 3. The lowest BCUT2D eigenvalue weighted by Crippen LogP contribution is -2.38. The molecule has 0 spiro atoms. The van der Waals surface area contributed by atoms with E-state index in [0.717, 1.165) is 16.7 Å². The molecule has 3 atom stereocenters. The molecule has 252 valence electrons. The Labute approximate surface area is 279 Å². The number of aryl methyl sites for hydroxylation is 1. The van der Waals surface area contributed by atoms with E-state index in [-0.39, 0.29) is 26.2 Å². The fraction of sp³-hybridized carbons (Fsp3) is 0.278. The number of phosphoric acid groups is 1. The molecule has 1 aliphatic heterocycles. The molecule has 0 saturated carbocycles. The Morgan fingerprint density at radius 2 is 1.48 bits per heavy atom. The first-order valence-corrected chi connectivity index (χ1v) is 16.9. The molecule has 1 fully saturated rings. The van der Waals surface area contributed by atoms with E-state index in [1.54, 1.807) is 14.0 Å². The van der Waals surface area contributed by atoms with Crippen molar-refractivity contribution in [2.45, 2.75) is 37.4 Å². The first-order valence-electron chi connectivity index (χ1n) is 15.4. The summed E-state index contributed by atoms with van der Waals surface area (Å²) in [6.45, 7) is 8.54. The predicted octanol–water partition coefficient (Wildman–Crippen LogP) is 6.05. The van der Waals surface area contributed by atoms with E-state index in [1.807, 2.05) is 84.9 Å². The maximum absolute atomic E-state index is 13.8. The van der Waals surface area contributed by atoms with Gasteiger partial charge in [0.05, 0.1) is 26.9 Å². The Morgan fingerprint density at radius 1 is 0.917 bits per heavy atom. The van der Waals surface area contributed by atoms with Gasteiger partial charge in [-0.15, -0.1) is 13.2 Å². The van der Waals surface area contributed by atoms with Gasteiger partial charge in [-0.2, -0.15) is 0 Å². The highest BCUT2D eigenvalue weighted by molar-refractivity contribution is 7.48. The Morgan fingerprint density at radius 3 is 2.02 bits per heavy atom. The average molecular weight is 675 g/mol. The minimum atomic E-state index is -4.17. The van der Waals surface area contributed by atoms with Crippen LogP contribution in [-0.4, -0.2) is 48.7 Å². The molecule has 4 aromatic rings. The monoisotopic (exact) mass is 674 g/mol. The standard InChI is InChI=1S/C36H39N2O9P/c1-5-21-44-48(41,45-22-6-2)47-31-23-33(38-24-26(3)34(39)37-35(38)40)46-32(31)25-43-36(27-13-9-7-10-14-27,28-15-11-8-12-16-28)29-17-19-30(42-4)20-18-29/h5-20,24,31-33H,1-2,21-23,25H2,3-4H3,(H,37,39,40)/t31-,32+,33+/m0/s1. The van der Waals surface area contributed by atoms with Crippen LogP contribution in [0.1, 0.15) is 34.9 Å². The second-order valence-electron chi connectivity index (χ2n) is 11.1. The minimum Gasteiger partial charge on any atom is -0.497 e. The molecule has 3 aromatic carbocycles. The third-order valence-corrected chi connectivity index (χ3v) is 9.38. The molecule has 5 rings (SSSR count). The van der Waals surface area contributed by atoms with Crippen LogP contribution in [0.2, 0.25) is 0 Å². The molecule has 0 aliphatic carbocycles. The molecule has 48 heavy (non-hydrogen) atoms. The molecule has 2 heterocycles. The second kappa shape index (κ2) is 15.7. The maximum Gasteiger partial charge on any atom is 0.475 e. The number of aromatic nitrogens is 2. The third-order valence-electron chi connectivity index (χ3n) is 7.92. The summed E-state index contributed by atoms with van der Waals surface area (Å²) in [7, 11) is -2.57. The number of hydrogen-bond acceptors (Lipinski definition) is 9. The highest BCUT2D eigenvalue weighted by Crippen LogP contribution is 2.53. The van der Waals surface area contributed by atoms with Gasteiger partial charge in [-0.05, 0) is 35.7 Å². The quantitative estimate of drug-likeness (QED) is 0.0859. The van der Waals surface area contributed by atoms with E-state index in [1.165, 1.54) is 22.9 Å². The summed E-state index contributed by atoms with van der Waals surface area (Å²) in [6, 6.07) is 27.1. The van der Waals surface area contributed by atoms with Crippen molar-refractivity contribution in [3.8, 4) is 5.75 Å². The number of H-pyrrole nitrogens is 1. The zero-order valence-corrected chi connectivity index (χ0v) is 27.8. The van der Waals surface area contributed by atoms with E-state index in [2.05, 4.69) is 18.1 Å². The number of ether oxygens (including phenoxy) is 3. The van der Waals surface area contributed by atoms with Crippen molar-refractivity contribution in [2.24, 2.45) is 0 Å². The number of phosphoric ester groups is 1. The van der Waals surface area contributed by atoms with Crippen molar-refractivity contribution in [3.05, 3.63) is 160 Å². The summed E-state index contributed by atoms with van der Waals surface area (Å²) in [5.74, 6) is 0.681. The summed E-state index contributed by atoms with van der Waals surface area (Å²) < 4.78 is 51.0. The second-order valence-corrected chi connectivity index (χ2v) is 12.7. The van der Waals surface area contributed by atoms with Crippen LogP contribution in [0.15, 0.2) is 126 Å². The number of rotatable bonds is 16. The van der Waals surface area contributed by atoms with Gasteiger partial charge >= 0.3 is 13.5 Å². The summed E-state index contributed by atoms with van der Waals surface area (Å²) in [4.78, 5) is 27.3. The van der Waals surface area contributed by atoms with Crippen LogP contribution in [0.4, 0.5) is 0 Å². The Kier molecular flexibility index (Phi) is 11.4. The highest BCUT2D eigenvalue weighted by atomic mass is 31.2. The Balaban J connectivity index is 1.58. The van der Waals surface area contributed by atoms with Crippen LogP contribution in [0.25, 0.3) is 0 Å². The minimum absolute atomic E-state index is 0.0600. The van der Waals surface area contributed by atoms with E-state index < -0.39 is 43.1 Å². The van der Waals surface area contributed by atoms with Gasteiger partial charge in [0, 0.05) is 18.2 Å². The largest absolute Gasteiger partial charge is 0.497 e. The maximum atomic E-state index is 13.8. The molecule has 0 unspecified atom stereocenters. The van der Waals surface area contributed by atoms with Gasteiger partial charge in [0.2, 0.25) is 0 Å². The Hall–Kier alpha value is -4.35. The molecule has 0 bridgehead atoms. The van der Waals surface area contributed by atoms with Crippen LogP contribution in [0, 0.1) is 6.92 Å². The van der Waals surface area contributed by atoms with Crippen molar-refractivity contribution in [1.29, 1.82) is 0 Å². The zero-order valence-electron chi connectivity index (χ0n) is 26.9. The first kappa shape index (κ1) is 35.0. The topological polar surface area (TPSA) is 127 Å². The molecule has 1 saturated heterocycles. The number of hydrogen-bond donors (Lipinski definition) is 1. The van der Waals surface area contributed by atoms with Gasteiger partial charge in [0.1, 0.15) is 29.8 Å². The van der Waals surface area contributed by atoms with Gasteiger partial charge in [-0.1, -0.05) is 84.9 Å². The van der Waals surface area contributed by atoms with Gasteiger partial charge in [0.25, 0.3) is 5.56 Å². The number of methoxy groups -OCH3 is 1. The third kappa shape index (κ3) is 7.68. The van der Waals surface area contributed by atoms with Gasteiger partial charge in [-0.25, -0.2) is 9.36 Å². The van der Waals surface area contributed by atoms with E-state index in [4.69, 9.17) is 27.8 Å². The van der Waals surface area contributed by atoms with Gasteiger partial charge < -0.3 is 14.2 Å². The van der Waals surface area contributed by atoms with Crippen LogP contribution in [-0.2, 0) is 33.2 Å². The molecule has 12 heteroatoms. The van der Waals surface area contributed by atoms with Crippen LogP contribution in [0.3, 0.4) is 0 Å². The number of nitrogens with one attached hydrogen (secondary N) is 1. The molecule has 1 aromatic heterocycles. The van der Waals surface area contributed by atoms with Crippen LogP contribution in [0.5, 0.6) is 5.75 Å². The molecule has 1 N–H and O–H groups in total. The summed E-state index contributed by atoms with van der Waals surface area (Å²) >= 11 is 0. The lowest BCUT2D eigenvalue weighted by molar-refractivity contribution is -0.0943. The highest BCUT2D eigenvalue weighted by Gasteiger charge is 2.46. The fourth-order valence-corrected chi connectivity index (χ4v) is 6.94. The molecule has 0 radical (unpaired) electrons. The molecule has 11 nitrogen and oxygen atoms in total. The van der Waals surface area contributed by atoms with Crippen LogP contribution < -0.4 is 16.0 Å². The fourth-order valence-electron chi connectivity index (χ4n) is 5.61. The Bertz CT molecular complexity index is 1790. The van der Waals surface area contributed by atoms with E-state index in [9.17, 15) is 14.2 Å². The van der Waals surface area contributed by atoms with Crippen molar-refractivity contribution >= 4 is 7.82 Å². The molecular formula is C36H39N2O9P. The summed E-state index contributed by atoms with van der Waals surface area (Å²) in [5, 5.41) is 0. The van der Waals surface area contributed by atoms with Crippen LogP contribution >= 0.6 is 7.82 Å². The van der Waals surface area contributed by atoms with E-state index >= 15 is 0 Å². The van der Waals surface area contributed by atoms with Crippen molar-refractivity contribution in [2.75, 3.05) is 26.9 Å². The lowest BCUT2D eigenvalue weighted by Gasteiger charge is -2.37. The van der Waals surface area contributed by atoms with Gasteiger partial charge in [0.15, 0.2) is 0 Å². The smallest absolute Gasteiger partial charge is 0.475 e. The molecule has 0 amide bonds. The normalized spacial score (nSPS) is 18.0. The molecule has 1 aliphatic rings. The predicted molar refractivity (Wildman–Crippen MR) is 181 cm³/mol. The lowest BCUT2D eigenvalue weighted by atomic mass is 9.80. The zero-order chi connectivity index (χ0) is 34.1. The number of aromatic amines is 1.